The van der Waals surface area contributed by atoms with Crippen LogP contribution in [0.4, 0.5) is 19.3 Å². The van der Waals surface area contributed by atoms with E-state index in [2.05, 4.69) is 15.6 Å². The van der Waals surface area contributed by atoms with Crippen molar-refractivity contribution in [1.29, 1.82) is 0 Å². The number of nitrogens with one attached hydrogen (secondary N) is 2. The van der Waals surface area contributed by atoms with Crippen molar-refractivity contribution in [2.45, 2.75) is 45.6 Å². The van der Waals surface area contributed by atoms with E-state index in [-0.39, 0.29) is 5.69 Å². The number of rotatable bonds is 5. The molecular formula is C20H25F2N3O2. The average Bonchev–Trinajstić information content (AvgIpc) is 2.56. The molecule has 0 aliphatic carbocycles. The molecule has 0 bridgehead atoms. The fraction of sp³-hybridized carbons (Fsp3) is 0.400. The summed E-state index contributed by atoms with van der Waals surface area (Å²) in [7, 11) is 0. The van der Waals surface area contributed by atoms with Gasteiger partial charge in [-0.1, -0.05) is 19.9 Å². The number of benzene rings is 1. The molecule has 27 heavy (non-hydrogen) atoms. The molecule has 0 aliphatic heterocycles. The van der Waals surface area contributed by atoms with Crippen molar-refractivity contribution in [1.82, 2.24) is 10.3 Å². The van der Waals surface area contributed by atoms with Gasteiger partial charge in [-0.15, -0.1) is 0 Å². The summed E-state index contributed by atoms with van der Waals surface area (Å²) < 4.78 is 33.6. The van der Waals surface area contributed by atoms with E-state index in [0.717, 1.165) is 17.8 Å². The minimum absolute atomic E-state index is 0.000554. The number of amides is 2. The zero-order chi connectivity index (χ0) is 20.2. The van der Waals surface area contributed by atoms with Crippen LogP contribution in [0.5, 0.6) is 5.75 Å². The lowest BCUT2D eigenvalue weighted by Gasteiger charge is -2.24. The Labute approximate surface area is 158 Å². The largest absolute Gasteiger partial charge is 0.482 e. The Morgan fingerprint density at radius 1 is 1.11 bits per heavy atom. The highest BCUT2D eigenvalue weighted by Crippen LogP contribution is 2.29. The van der Waals surface area contributed by atoms with Crippen LogP contribution in [0.3, 0.4) is 0 Å². The Kier molecular flexibility index (Phi) is 6.03. The van der Waals surface area contributed by atoms with Crippen molar-refractivity contribution in [2.75, 3.05) is 11.9 Å². The normalized spacial score (nSPS) is 11.8. The third kappa shape index (κ3) is 5.91. The van der Waals surface area contributed by atoms with Crippen molar-refractivity contribution in [2.24, 2.45) is 0 Å². The van der Waals surface area contributed by atoms with Gasteiger partial charge in [0, 0.05) is 41.7 Å². The van der Waals surface area contributed by atoms with E-state index in [0.29, 0.717) is 6.54 Å². The lowest BCUT2D eigenvalue weighted by atomic mass is 9.89. The second kappa shape index (κ2) is 7.90. The summed E-state index contributed by atoms with van der Waals surface area (Å²) in [6, 6.07) is 7.04. The number of ether oxygens (including phenoxy) is 1. The van der Waals surface area contributed by atoms with Crippen LogP contribution >= 0.6 is 0 Å². The Bertz CT molecular complexity index is 780. The van der Waals surface area contributed by atoms with Gasteiger partial charge in [-0.25, -0.2) is 13.6 Å². The van der Waals surface area contributed by atoms with E-state index < -0.39 is 34.4 Å². The number of hydrogen-bond donors (Lipinski definition) is 2. The van der Waals surface area contributed by atoms with Crippen molar-refractivity contribution < 1.29 is 18.3 Å². The second-order valence-corrected chi connectivity index (χ2v) is 7.89. The smallest absolute Gasteiger partial charge is 0.319 e. The summed E-state index contributed by atoms with van der Waals surface area (Å²) in [6.07, 6.45) is 1.68. The highest BCUT2D eigenvalue weighted by atomic mass is 19.1. The number of halogens is 2. The van der Waals surface area contributed by atoms with Crippen LogP contribution in [0.15, 0.2) is 36.5 Å². The first kappa shape index (κ1) is 20.6. The molecule has 5 nitrogen and oxygen atoms in total. The molecule has 0 saturated carbocycles. The number of hydrogen-bond acceptors (Lipinski definition) is 3. The van der Waals surface area contributed by atoms with Gasteiger partial charge in [-0.2, -0.15) is 0 Å². The van der Waals surface area contributed by atoms with Crippen molar-refractivity contribution >= 4 is 11.7 Å². The molecular weight excluding hydrogens is 352 g/mol. The zero-order valence-corrected chi connectivity index (χ0v) is 16.2. The third-order valence-electron chi connectivity index (χ3n) is 3.71. The van der Waals surface area contributed by atoms with Crippen molar-refractivity contribution in [3.8, 4) is 5.75 Å². The molecule has 2 amide bonds. The minimum Gasteiger partial charge on any atom is -0.482 e. The summed E-state index contributed by atoms with van der Waals surface area (Å²) in [5, 5.41) is 5.13. The van der Waals surface area contributed by atoms with Gasteiger partial charge in [0.15, 0.2) is 17.4 Å². The van der Waals surface area contributed by atoms with Crippen LogP contribution in [0, 0.1) is 11.6 Å². The molecule has 1 heterocycles. The molecule has 0 fully saturated rings. The maximum atomic E-state index is 14.1. The van der Waals surface area contributed by atoms with E-state index in [1.807, 2.05) is 32.0 Å². The highest BCUT2D eigenvalue weighted by molar-refractivity contribution is 5.89. The summed E-state index contributed by atoms with van der Waals surface area (Å²) in [4.78, 5) is 16.4. The Hall–Kier alpha value is -2.70. The molecule has 2 N–H and O–H groups in total. The van der Waals surface area contributed by atoms with Gasteiger partial charge >= 0.3 is 6.03 Å². The quantitative estimate of drug-likeness (QED) is 0.798. The lowest BCUT2D eigenvalue weighted by molar-refractivity contribution is 0.117. The van der Waals surface area contributed by atoms with E-state index in [1.54, 1.807) is 27.0 Å². The van der Waals surface area contributed by atoms with Crippen LogP contribution in [-0.2, 0) is 5.41 Å². The van der Waals surface area contributed by atoms with E-state index >= 15 is 0 Å². The van der Waals surface area contributed by atoms with E-state index in [9.17, 15) is 13.6 Å². The minimum atomic E-state index is -0.881. The maximum absolute atomic E-state index is 14.1. The number of nitrogens with zero attached hydrogens (tertiary/aromatic N) is 1. The van der Waals surface area contributed by atoms with Gasteiger partial charge < -0.3 is 15.4 Å². The molecule has 2 aromatic rings. The van der Waals surface area contributed by atoms with E-state index in [1.165, 1.54) is 0 Å². The third-order valence-corrected chi connectivity index (χ3v) is 3.71. The van der Waals surface area contributed by atoms with Crippen molar-refractivity contribution in [3.63, 3.8) is 0 Å². The van der Waals surface area contributed by atoms with Crippen LogP contribution in [0.2, 0.25) is 0 Å². The first-order chi connectivity index (χ1) is 12.5. The molecule has 0 atom stereocenters. The number of urea groups is 1. The molecule has 146 valence electrons. The fourth-order valence-corrected chi connectivity index (χ4v) is 2.37. The number of pyridine rings is 1. The summed E-state index contributed by atoms with van der Waals surface area (Å²) in [6.45, 7) is 9.24. The number of aromatic nitrogens is 1. The number of carbonyl (C=O) groups is 1. The molecule has 0 unspecified atom stereocenters. The molecule has 2 rings (SSSR count). The summed E-state index contributed by atoms with van der Waals surface area (Å²) in [5.74, 6) is -2.23. The Morgan fingerprint density at radius 3 is 2.26 bits per heavy atom. The molecule has 0 aliphatic rings. The Morgan fingerprint density at radius 2 is 1.74 bits per heavy atom. The molecule has 1 aromatic heterocycles. The molecule has 0 spiro atoms. The Balaban J connectivity index is 2.02. The first-order valence-electron chi connectivity index (χ1n) is 8.62. The zero-order valence-electron chi connectivity index (χ0n) is 16.2. The number of carbonyl (C=O) groups excluding carboxylic acids is 1. The standard InChI is InChI=1S/C20H25F2N3O2/c1-19(2,3)27-17-14(21)10-13(11-15(17)22)25-18(26)24-12-20(4,5)16-8-6-7-9-23-16/h6-11H,12H2,1-5H3,(H2,24,25,26). The van der Waals surface area contributed by atoms with Gasteiger partial charge in [-0.05, 0) is 32.9 Å². The van der Waals surface area contributed by atoms with Gasteiger partial charge in [0.05, 0.1) is 0 Å². The summed E-state index contributed by atoms with van der Waals surface area (Å²) >= 11 is 0. The maximum Gasteiger partial charge on any atom is 0.319 e. The van der Waals surface area contributed by atoms with Gasteiger partial charge in [0.2, 0.25) is 0 Å². The monoisotopic (exact) mass is 377 g/mol. The van der Waals surface area contributed by atoms with Crippen molar-refractivity contribution in [3.05, 3.63) is 53.9 Å². The van der Waals surface area contributed by atoms with Gasteiger partial charge in [0.25, 0.3) is 0 Å². The molecule has 0 saturated heterocycles. The van der Waals surface area contributed by atoms with Crippen LogP contribution in [0.1, 0.15) is 40.3 Å². The molecule has 1 aromatic carbocycles. The predicted octanol–water partition coefficient (Wildman–Crippen LogP) is 4.64. The SMILES string of the molecule is CC(C)(C)Oc1c(F)cc(NC(=O)NCC(C)(C)c2ccccn2)cc1F. The lowest BCUT2D eigenvalue weighted by Crippen LogP contribution is -2.39. The van der Waals surface area contributed by atoms with Crippen LogP contribution in [-0.4, -0.2) is 23.2 Å². The number of anilines is 1. The topological polar surface area (TPSA) is 63.2 Å². The van der Waals surface area contributed by atoms with Gasteiger partial charge in [-0.3, -0.25) is 4.98 Å². The highest BCUT2D eigenvalue weighted by Gasteiger charge is 2.23. The molecule has 0 radical (unpaired) electrons. The van der Waals surface area contributed by atoms with E-state index in [4.69, 9.17) is 4.74 Å². The van der Waals surface area contributed by atoms with Crippen LogP contribution < -0.4 is 15.4 Å². The summed E-state index contributed by atoms with van der Waals surface area (Å²) in [5.41, 5.74) is -0.324. The second-order valence-electron chi connectivity index (χ2n) is 7.89. The molecule has 7 heteroatoms. The first-order valence-corrected chi connectivity index (χ1v) is 8.62. The average molecular weight is 377 g/mol. The fourth-order valence-electron chi connectivity index (χ4n) is 2.37. The van der Waals surface area contributed by atoms with Gasteiger partial charge in [0.1, 0.15) is 5.60 Å². The van der Waals surface area contributed by atoms with Crippen LogP contribution in [0.25, 0.3) is 0 Å². The predicted molar refractivity (Wildman–Crippen MR) is 101 cm³/mol.